The first-order valence-electron chi connectivity index (χ1n) is 7.76. The van der Waals surface area contributed by atoms with Crippen LogP contribution in [-0.2, 0) is 27.7 Å². The molecule has 1 aromatic carbocycles. The zero-order valence-electron chi connectivity index (χ0n) is 14.5. The van der Waals surface area contributed by atoms with Crippen molar-refractivity contribution < 1.29 is 8.42 Å². The van der Waals surface area contributed by atoms with Gasteiger partial charge < -0.3 is 5.32 Å². The maximum Gasteiger partial charge on any atom is 0.215 e. The van der Waals surface area contributed by atoms with Crippen LogP contribution in [0.3, 0.4) is 0 Å². The monoisotopic (exact) mass is 348 g/mol. The second-order valence-corrected chi connectivity index (χ2v) is 8.58. The van der Waals surface area contributed by atoms with Gasteiger partial charge in [-0.3, -0.25) is 0 Å². The Morgan fingerprint density at radius 2 is 1.67 bits per heavy atom. The van der Waals surface area contributed by atoms with Crippen LogP contribution >= 0.6 is 0 Å². The van der Waals surface area contributed by atoms with E-state index in [1.165, 1.54) is 7.05 Å². The average molecular weight is 348 g/mol. The summed E-state index contributed by atoms with van der Waals surface area (Å²) in [6.07, 6.45) is 1.75. The van der Waals surface area contributed by atoms with E-state index in [-0.39, 0.29) is 11.2 Å². The number of sulfonamides is 1. The molecule has 2 rings (SSSR count). The lowest BCUT2D eigenvalue weighted by atomic mass is 9.96. The molecule has 1 aromatic heterocycles. The highest BCUT2D eigenvalue weighted by molar-refractivity contribution is 7.88. The zero-order chi connectivity index (χ0) is 17.8. The minimum Gasteiger partial charge on any atom is -0.366 e. The van der Waals surface area contributed by atoms with Gasteiger partial charge in [0.15, 0.2) is 0 Å². The summed E-state index contributed by atoms with van der Waals surface area (Å²) >= 11 is 0. The molecule has 0 aliphatic carbocycles. The molecule has 0 fully saturated rings. The molecular formula is C17H24N4O2S. The van der Waals surface area contributed by atoms with Crippen molar-refractivity contribution in [3.63, 3.8) is 0 Å². The Morgan fingerprint density at radius 3 is 2.25 bits per heavy atom. The molecule has 0 aliphatic rings. The Kier molecular flexibility index (Phi) is 5.56. The molecule has 0 saturated carbocycles. The van der Waals surface area contributed by atoms with Crippen LogP contribution in [0.4, 0.5) is 5.82 Å². The Labute approximate surface area is 143 Å². The summed E-state index contributed by atoms with van der Waals surface area (Å²) in [6, 6.07) is 9.32. The number of hydrogen-bond donors (Lipinski definition) is 2. The molecule has 2 N–H and O–H groups in total. The molecule has 130 valence electrons. The highest BCUT2D eigenvalue weighted by Crippen LogP contribution is 2.19. The highest BCUT2D eigenvalue weighted by atomic mass is 32.2. The van der Waals surface area contributed by atoms with Crippen molar-refractivity contribution in [3.05, 3.63) is 53.5 Å². The first-order chi connectivity index (χ1) is 11.2. The Bertz CT molecular complexity index is 781. The van der Waals surface area contributed by atoms with Crippen molar-refractivity contribution in [1.29, 1.82) is 0 Å². The average Bonchev–Trinajstić information content (AvgIpc) is 2.53. The number of benzene rings is 1. The summed E-state index contributed by atoms with van der Waals surface area (Å²) in [4.78, 5) is 8.83. The number of rotatable bonds is 6. The van der Waals surface area contributed by atoms with Gasteiger partial charge in [-0.05, 0) is 24.2 Å². The molecule has 0 aliphatic heterocycles. The Hall–Kier alpha value is -1.99. The molecule has 0 saturated heterocycles. The summed E-state index contributed by atoms with van der Waals surface area (Å²) in [5.41, 5.74) is 1.71. The van der Waals surface area contributed by atoms with Crippen molar-refractivity contribution >= 4 is 15.8 Å². The first kappa shape index (κ1) is 18.4. The van der Waals surface area contributed by atoms with Crippen molar-refractivity contribution in [2.75, 3.05) is 12.4 Å². The molecule has 0 amide bonds. The van der Waals surface area contributed by atoms with E-state index in [9.17, 15) is 8.42 Å². The van der Waals surface area contributed by atoms with Crippen LogP contribution < -0.4 is 10.0 Å². The van der Waals surface area contributed by atoms with Crippen molar-refractivity contribution in [2.24, 2.45) is 0 Å². The lowest BCUT2D eigenvalue weighted by Gasteiger charge is -2.17. The van der Waals surface area contributed by atoms with Crippen LogP contribution in [-0.4, -0.2) is 25.4 Å². The molecule has 24 heavy (non-hydrogen) atoms. The predicted molar refractivity (Wildman–Crippen MR) is 96.2 cm³/mol. The fraction of sp³-hybridized carbons (Fsp3) is 0.412. The summed E-state index contributed by atoms with van der Waals surface area (Å²) in [6.45, 7) is 6.83. The Balaban J connectivity index is 2.00. The maximum absolute atomic E-state index is 11.5. The van der Waals surface area contributed by atoms with E-state index in [4.69, 9.17) is 0 Å². The van der Waals surface area contributed by atoms with Gasteiger partial charge in [0, 0.05) is 18.2 Å². The fourth-order valence-electron chi connectivity index (χ4n) is 2.06. The normalized spacial score (nSPS) is 12.2. The number of nitrogens with one attached hydrogen (secondary N) is 2. The molecule has 2 aromatic rings. The van der Waals surface area contributed by atoms with E-state index in [1.54, 1.807) is 6.20 Å². The molecule has 0 radical (unpaired) electrons. The maximum atomic E-state index is 11.5. The second-order valence-electron chi connectivity index (χ2n) is 6.65. The number of hydrogen-bond acceptors (Lipinski definition) is 5. The lowest BCUT2D eigenvalue weighted by molar-refractivity contribution is 0.546. The largest absolute Gasteiger partial charge is 0.366 e. The van der Waals surface area contributed by atoms with E-state index in [0.717, 1.165) is 22.8 Å². The van der Waals surface area contributed by atoms with Gasteiger partial charge in [-0.2, -0.15) is 0 Å². The van der Waals surface area contributed by atoms with Gasteiger partial charge in [-0.25, -0.2) is 23.1 Å². The van der Waals surface area contributed by atoms with Gasteiger partial charge in [-0.15, -0.1) is 0 Å². The van der Waals surface area contributed by atoms with E-state index in [1.807, 2.05) is 30.3 Å². The van der Waals surface area contributed by atoms with Crippen LogP contribution in [0, 0.1) is 0 Å². The van der Waals surface area contributed by atoms with Crippen LogP contribution in [0.25, 0.3) is 0 Å². The standard InChI is InChI=1S/C17H24N4O2S/c1-17(2,3)16-19-10-9-15(21-16)20-11-13-5-7-14(8-6-13)12-24(22,23)18-4/h5-10,18H,11-12H2,1-4H3,(H,19,20,21). The summed E-state index contributed by atoms with van der Waals surface area (Å²) in [5.74, 6) is 1.55. The summed E-state index contributed by atoms with van der Waals surface area (Å²) in [5, 5.41) is 3.27. The highest BCUT2D eigenvalue weighted by Gasteiger charge is 2.17. The lowest BCUT2D eigenvalue weighted by Crippen LogP contribution is -2.20. The smallest absolute Gasteiger partial charge is 0.215 e. The fourth-order valence-corrected chi connectivity index (χ4v) is 2.83. The molecule has 0 bridgehead atoms. The summed E-state index contributed by atoms with van der Waals surface area (Å²) < 4.78 is 25.4. The molecule has 1 heterocycles. The van der Waals surface area contributed by atoms with E-state index >= 15 is 0 Å². The van der Waals surface area contributed by atoms with E-state index in [0.29, 0.717) is 6.54 Å². The minimum atomic E-state index is -3.24. The number of nitrogens with zero attached hydrogens (tertiary/aromatic N) is 2. The zero-order valence-corrected chi connectivity index (χ0v) is 15.3. The van der Waals surface area contributed by atoms with Gasteiger partial charge >= 0.3 is 0 Å². The van der Waals surface area contributed by atoms with Gasteiger partial charge in [0.25, 0.3) is 0 Å². The topological polar surface area (TPSA) is 84.0 Å². The van der Waals surface area contributed by atoms with Crippen molar-refractivity contribution in [3.8, 4) is 0 Å². The Morgan fingerprint density at radius 1 is 1.04 bits per heavy atom. The molecule has 0 spiro atoms. The number of anilines is 1. The van der Waals surface area contributed by atoms with Gasteiger partial charge in [0.1, 0.15) is 11.6 Å². The quantitative estimate of drug-likeness (QED) is 0.838. The third-order valence-electron chi connectivity index (χ3n) is 3.49. The van der Waals surface area contributed by atoms with Gasteiger partial charge in [0.2, 0.25) is 10.0 Å². The second kappa shape index (κ2) is 7.27. The minimum absolute atomic E-state index is 0.0158. The molecule has 6 nitrogen and oxygen atoms in total. The van der Waals surface area contributed by atoms with Gasteiger partial charge in [-0.1, -0.05) is 45.0 Å². The third-order valence-corrected chi connectivity index (χ3v) is 4.83. The SMILES string of the molecule is CNS(=O)(=O)Cc1ccc(CNc2ccnc(C(C)(C)C)n2)cc1. The van der Waals surface area contributed by atoms with E-state index in [2.05, 4.69) is 40.8 Å². The third kappa shape index (κ3) is 5.28. The van der Waals surface area contributed by atoms with E-state index < -0.39 is 10.0 Å². The van der Waals surface area contributed by atoms with Crippen molar-refractivity contribution in [1.82, 2.24) is 14.7 Å². The number of aromatic nitrogens is 2. The van der Waals surface area contributed by atoms with Crippen LogP contribution in [0.15, 0.2) is 36.5 Å². The summed E-state index contributed by atoms with van der Waals surface area (Å²) in [7, 11) is -1.82. The molecule has 0 atom stereocenters. The first-order valence-corrected chi connectivity index (χ1v) is 9.41. The van der Waals surface area contributed by atoms with Crippen LogP contribution in [0.1, 0.15) is 37.7 Å². The van der Waals surface area contributed by atoms with Crippen LogP contribution in [0.5, 0.6) is 0 Å². The molecule has 7 heteroatoms. The molecule has 0 unspecified atom stereocenters. The van der Waals surface area contributed by atoms with Crippen molar-refractivity contribution in [2.45, 2.75) is 38.5 Å². The van der Waals surface area contributed by atoms with Crippen LogP contribution in [0.2, 0.25) is 0 Å². The molecular weight excluding hydrogens is 324 g/mol. The predicted octanol–water partition coefficient (Wildman–Crippen LogP) is 2.44. The van der Waals surface area contributed by atoms with Gasteiger partial charge in [0.05, 0.1) is 5.75 Å².